The average Bonchev–Trinajstić information content (AvgIpc) is 3.09. The number of carbonyl (C=O) groups excluding carboxylic acids is 1. The summed E-state index contributed by atoms with van der Waals surface area (Å²) in [6, 6.07) is 11.8. The molecule has 152 valence electrons. The van der Waals surface area contributed by atoms with Crippen LogP contribution in [0.25, 0.3) is 11.5 Å². The van der Waals surface area contributed by atoms with Gasteiger partial charge in [0.25, 0.3) is 0 Å². The van der Waals surface area contributed by atoms with Crippen molar-refractivity contribution in [1.29, 1.82) is 0 Å². The molecular weight excluding hydrogens is 414 g/mol. The number of nitrogens with zero attached hydrogens (tertiary/aromatic N) is 2. The Bertz CT molecular complexity index is 1100. The van der Waals surface area contributed by atoms with Gasteiger partial charge in [0.2, 0.25) is 11.8 Å². The first-order valence-corrected chi connectivity index (χ1v) is 11.0. The molecule has 0 atom stereocenters. The molecule has 0 aliphatic rings. The summed E-state index contributed by atoms with van der Waals surface area (Å²) in [6.45, 7) is 3.93. The first-order valence-electron chi connectivity index (χ1n) is 8.93. The summed E-state index contributed by atoms with van der Waals surface area (Å²) in [5.74, 6) is -0.246. The highest BCUT2D eigenvalue weighted by atomic mass is 35.5. The molecule has 29 heavy (non-hydrogen) atoms. The standard InChI is InChI=1S/C20H20ClN3O4S/c1-13-10-14(2)12-15(11-13)19-23-24-20(28-19)22-18(25)4-3-9-29(26,27)17-7-5-16(21)6-8-17/h5-8,10-12H,3-4,9H2,1-2H3,(H,22,24,25). The van der Waals surface area contributed by atoms with Crippen molar-refractivity contribution in [2.75, 3.05) is 11.1 Å². The molecule has 1 aromatic heterocycles. The van der Waals surface area contributed by atoms with Crippen molar-refractivity contribution in [1.82, 2.24) is 10.2 Å². The van der Waals surface area contributed by atoms with E-state index >= 15 is 0 Å². The summed E-state index contributed by atoms with van der Waals surface area (Å²) >= 11 is 5.77. The minimum atomic E-state index is -3.48. The smallest absolute Gasteiger partial charge is 0.322 e. The Morgan fingerprint density at radius 2 is 1.72 bits per heavy atom. The Morgan fingerprint density at radius 3 is 2.38 bits per heavy atom. The highest BCUT2D eigenvalue weighted by Crippen LogP contribution is 2.22. The molecule has 2 aromatic carbocycles. The SMILES string of the molecule is Cc1cc(C)cc(-c2nnc(NC(=O)CCCS(=O)(=O)c3ccc(Cl)cc3)o2)c1. The molecule has 0 spiro atoms. The lowest BCUT2D eigenvalue weighted by atomic mass is 10.1. The number of anilines is 1. The van der Waals surface area contributed by atoms with Crippen LogP contribution in [0.2, 0.25) is 5.02 Å². The van der Waals surface area contributed by atoms with Crippen LogP contribution in [0.3, 0.4) is 0 Å². The molecule has 9 heteroatoms. The van der Waals surface area contributed by atoms with Gasteiger partial charge < -0.3 is 4.42 Å². The predicted octanol–water partition coefficient (Wildman–Crippen LogP) is 4.20. The Hall–Kier alpha value is -2.71. The van der Waals surface area contributed by atoms with E-state index in [0.29, 0.717) is 10.9 Å². The van der Waals surface area contributed by atoms with Gasteiger partial charge in [0.15, 0.2) is 9.84 Å². The van der Waals surface area contributed by atoms with E-state index in [2.05, 4.69) is 15.5 Å². The lowest BCUT2D eigenvalue weighted by molar-refractivity contribution is -0.116. The number of hydrogen-bond donors (Lipinski definition) is 1. The molecule has 0 saturated heterocycles. The number of hydrogen-bond acceptors (Lipinski definition) is 6. The first-order chi connectivity index (χ1) is 13.7. The monoisotopic (exact) mass is 433 g/mol. The quantitative estimate of drug-likeness (QED) is 0.599. The van der Waals surface area contributed by atoms with Crippen molar-refractivity contribution in [3.05, 3.63) is 58.6 Å². The fraction of sp³-hybridized carbons (Fsp3) is 0.250. The summed E-state index contributed by atoms with van der Waals surface area (Å²) in [7, 11) is -3.48. The van der Waals surface area contributed by atoms with E-state index in [1.807, 2.05) is 32.0 Å². The molecule has 0 radical (unpaired) electrons. The zero-order chi connectivity index (χ0) is 21.0. The van der Waals surface area contributed by atoms with Gasteiger partial charge in [-0.2, -0.15) is 0 Å². The second kappa shape index (κ2) is 8.75. The number of aryl methyl sites for hydroxylation is 2. The first kappa shape index (κ1) is 21.0. The van der Waals surface area contributed by atoms with Crippen molar-refractivity contribution < 1.29 is 17.6 Å². The molecule has 1 amide bonds. The van der Waals surface area contributed by atoms with E-state index in [0.717, 1.165) is 16.7 Å². The maximum atomic E-state index is 12.3. The van der Waals surface area contributed by atoms with Gasteiger partial charge in [-0.3, -0.25) is 10.1 Å². The van der Waals surface area contributed by atoms with Crippen LogP contribution >= 0.6 is 11.6 Å². The molecule has 0 aliphatic heterocycles. The van der Waals surface area contributed by atoms with E-state index in [1.54, 1.807) is 0 Å². The predicted molar refractivity (Wildman–Crippen MR) is 111 cm³/mol. The molecular formula is C20H20ClN3O4S. The number of nitrogens with one attached hydrogen (secondary N) is 1. The largest absolute Gasteiger partial charge is 0.403 e. The Kier molecular flexibility index (Phi) is 6.34. The van der Waals surface area contributed by atoms with Crippen LogP contribution in [0.1, 0.15) is 24.0 Å². The van der Waals surface area contributed by atoms with Gasteiger partial charge in [0.05, 0.1) is 10.6 Å². The van der Waals surface area contributed by atoms with E-state index in [-0.39, 0.29) is 29.5 Å². The number of carbonyl (C=O) groups is 1. The molecule has 3 rings (SSSR count). The zero-order valence-corrected chi connectivity index (χ0v) is 17.5. The van der Waals surface area contributed by atoms with E-state index < -0.39 is 15.7 Å². The number of halogens is 1. The lowest BCUT2D eigenvalue weighted by Crippen LogP contribution is -2.14. The van der Waals surface area contributed by atoms with Gasteiger partial charge in [-0.1, -0.05) is 33.9 Å². The third-order valence-corrected chi connectivity index (χ3v) is 6.20. The van der Waals surface area contributed by atoms with Crippen molar-refractivity contribution in [3.8, 4) is 11.5 Å². The second-order valence-corrected chi connectivity index (χ2v) is 9.26. The van der Waals surface area contributed by atoms with Crippen LogP contribution in [0.5, 0.6) is 0 Å². The minimum absolute atomic E-state index is 0.00802. The van der Waals surface area contributed by atoms with Crippen LogP contribution < -0.4 is 5.32 Å². The maximum absolute atomic E-state index is 12.3. The minimum Gasteiger partial charge on any atom is -0.403 e. The average molecular weight is 434 g/mol. The van der Waals surface area contributed by atoms with Gasteiger partial charge in [-0.25, -0.2) is 8.42 Å². The summed E-state index contributed by atoms with van der Waals surface area (Å²) in [6.07, 6.45) is 0.170. The lowest BCUT2D eigenvalue weighted by Gasteiger charge is -2.04. The molecule has 0 aliphatic carbocycles. The van der Waals surface area contributed by atoms with E-state index in [1.165, 1.54) is 24.3 Å². The van der Waals surface area contributed by atoms with E-state index in [4.69, 9.17) is 16.0 Å². The normalized spacial score (nSPS) is 11.4. The number of rotatable bonds is 7. The van der Waals surface area contributed by atoms with Crippen LogP contribution in [0.15, 0.2) is 51.8 Å². The number of aromatic nitrogens is 2. The van der Waals surface area contributed by atoms with Crippen molar-refractivity contribution in [2.24, 2.45) is 0 Å². The van der Waals surface area contributed by atoms with Gasteiger partial charge in [0, 0.05) is 17.0 Å². The van der Waals surface area contributed by atoms with Gasteiger partial charge in [-0.05, 0) is 56.7 Å². The molecule has 1 heterocycles. The molecule has 0 bridgehead atoms. The molecule has 0 unspecified atom stereocenters. The third kappa shape index (κ3) is 5.65. The van der Waals surface area contributed by atoms with Crippen molar-refractivity contribution in [3.63, 3.8) is 0 Å². The Labute approximate surface area is 174 Å². The van der Waals surface area contributed by atoms with Gasteiger partial charge >= 0.3 is 6.01 Å². The fourth-order valence-corrected chi connectivity index (χ4v) is 4.29. The zero-order valence-electron chi connectivity index (χ0n) is 16.0. The topological polar surface area (TPSA) is 102 Å². The molecule has 0 fully saturated rings. The Balaban J connectivity index is 1.55. The summed E-state index contributed by atoms with van der Waals surface area (Å²) in [5, 5.41) is 10.7. The number of amides is 1. The van der Waals surface area contributed by atoms with Gasteiger partial charge in [-0.15, -0.1) is 5.10 Å². The second-order valence-electron chi connectivity index (χ2n) is 6.71. The molecule has 1 N–H and O–H groups in total. The summed E-state index contributed by atoms with van der Waals surface area (Å²) in [5.41, 5.74) is 2.89. The summed E-state index contributed by atoms with van der Waals surface area (Å²) in [4.78, 5) is 12.3. The third-order valence-electron chi connectivity index (χ3n) is 4.13. The summed E-state index contributed by atoms with van der Waals surface area (Å²) < 4.78 is 30.1. The fourth-order valence-electron chi connectivity index (χ4n) is 2.85. The van der Waals surface area contributed by atoms with Crippen molar-refractivity contribution >= 4 is 33.4 Å². The highest BCUT2D eigenvalue weighted by molar-refractivity contribution is 7.91. The van der Waals surface area contributed by atoms with E-state index in [9.17, 15) is 13.2 Å². The van der Waals surface area contributed by atoms with Crippen molar-refractivity contribution in [2.45, 2.75) is 31.6 Å². The number of benzene rings is 2. The number of sulfone groups is 1. The highest BCUT2D eigenvalue weighted by Gasteiger charge is 2.16. The Morgan fingerprint density at radius 1 is 1.07 bits per heavy atom. The van der Waals surface area contributed by atoms with Crippen LogP contribution in [-0.4, -0.2) is 30.3 Å². The van der Waals surface area contributed by atoms with Crippen LogP contribution in [0, 0.1) is 13.8 Å². The van der Waals surface area contributed by atoms with Gasteiger partial charge in [0.1, 0.15) is 0 Å². The maximum Gasteiger partial charge on any atom is 0.322 e. The molecule has 3 aromatic rings. The molecule has 7 nitrogen and oxygen atoms in total. The molecule has 0 saturated carbocycles. The van der Waals surface area contributed by atoms with Crippen LogP contribution in [-0.2, 0) is 14.6 Å². The van der Waals surface area contributed by atoms with Crippen LogP contribution in [0.4, 0.5) is 6.01 Å².